The molecule has 0 aliphatic rings. The van der Waals surface area contributed by atoms with Crippen molar-refractivity contribution in [3.05, 3.63) is 12.2 Å². The Morgan fingerprint density at radius 2 is 2.44 bits per heavy atom. The first kappa shape index (κ1) is 12.4. The zero-order chi connectivity index (χ0) is 11.8. The number of aliphatic imine (C=N–C) groups is 1. The van der Waals surface area contributed by atoms with E-state index in [2.05, 4.69) is 32.9 Å². The molecule has 0 aromatic carbocycles. The topological polar surface area (TPSA) is 93.1 Å². The van der Waals surface area contributed by atoms with Crippen LogP contribution in [0.15, 0.2) is 11.3 Å². The fourth-order valence-corrected chi connectivity index (χ4v) is 1.14. The van der Waals surface area contributed by atoms with Gasteiger partial charge in [0.2, 0.25) is 5.96 Å². The molecule has 90 valence electrons. The number of rotatable bonds is 5. The van der Waals surface area contributed by atoms with Crippen LogP contribution in [0.5, 0.6) is 0 Å². The van der Waals surface area contributed by atoms with Gasteiger partial charge in [0, 0.05) is 13.6 Å². The number of unbranched alkanes of at least 4 members (excludes halogenated alkanes) is 1. The SMILES string of the molecule is CCCCNC(=NCc1nncn1C)NN. The number of aromatic nitrogens is 3. The van der Waals surface area contributed by atoms with Gasteiger partial charge >= 0.3 is 0 Å². The Labute approximate surface area is 95.1 Å². The maximum Gasteiger partial charge on any atom is 0.206 e. The number of hydrazine groups is 1. The Morgan fingerprint density at radius 1 is 1.62 bits per heavy atom. The lowest BCUT2D eigenvalue weighted by atomic mass is 10.3. The van der Waals surface area contributed by atoms with Gasteiger partial charge in [-0.1, -0.05) is 13.3 Å². The minimum absolute atomic E-state index is 0.454. The summed E-state index contributed by atoms with van der Waals surface area (Å²) < 4.78 is 1.82. The molecule has 1 aromatic heterocycles. The van der Waals surface area contributed by atoms with E-state index in [0.717, 1.165) is 25.2 Å². The summed E-state index contributed by atoms with van der Waals surface area (Å²) in [5.74, 6) is 6.72. The maximum absolute atomic E-state index is 5.35. The largest absolute Gasteiger partial charge is 0.355 e. The van der Waals surface area contributed by atoms with Crippen molar-refractivity contribution in [2.24, 2.45) is 17.9 Å². The first-order chi connectivity index (χ1) is 7.77. The van der Waals surface area contributed by atoms with Gasteiger partial charge in [-0.15, -0.1) is 10.2 Å². The number of nitrogens with one attached hydrogen (secondary N) is 2. The minimum Gasteiger partial charge on any atom is -0.355 e. The average molecular weight is 225 g/mol. The smallest absolute Gasteiger partial charge is 0.206 e. The molecule has 0 amide bonds. The molecule has 0 radical (unpaired) electrons. The summed E-state index contributed by atoms with van der Waals surface area (Å²) in [7, 11) is 1.88. The molecule has 4 N–H and O–H groups in total. The third kappa shape index (κ3) is 3.85. The summed E-state index contributed by atoms with van der Waals surface area (Å²) in [6.45, 7) is 3.45. The molecule has 0 unspecified atom stereocenters. The molecular formula is C9H19N7. The normalized spacial score (nSPS) is 11.6. The van der Waals surface area contributed by atoms with Crippen molar-refractivity contribution in [3.8, 4) is 0 Å². The van der Waals surface area contributed by atoms with Gasteiger partial charge in [0.25, 0.3) is 0 Å². The van der Waals surface area contributed by atoms with Crippen LogP contribution in [0.2, 0.25) is 0 Å². The third-order valence-corrected chi connectivity index (χ3v) is 2.14. The predicted molar refractivity (Wildman–Crippen MR) is 62.4 cm³/mol. The second-order valence-corrected chi connectivity index (χ2v) is 3.45. The molecule has 1 heterocycles. The van der Waals surface area contributed by atoms with Crippen LogP contribution in [0.1, 0.15) is 25.6 Å². The van der Waals surface area contributed by atoms with E-state index in [1.165, 1.54) is 0 Å². The van der Waals surface area contributed by atoms with Crippen LogP contribution in [0.4, 0.5) is 0 Å². The molecule has 0 bridgehead atoms. The highest BCUT2D eigenvalue weighted by atomic mass is 15.3. The number of guanidine groups is 1. The van der Waals surface area contributed by atoms with Gasteiger partial charge in [-0.2, -0.15) is 0 Å². The van der Waals surface area contributed by atoms with Crippen LogP contribution in [0.25, 0.3) is 0 Å². The summed E-state index contributed by atoms with van der Waals surface area (Å²) in [5.41, 5.74) is 2.52. The molecular weight excluding hydrogens is 206 g/mol. The maximum atomic E-state index is 5.35. The number of nitrogens with zero attached hydrogens (tertiary/aromatic N) is 4. The van der Waals surface area contributed by atoms with Crippen LogP contribution in [0.3, 0.4) is 0 Å². The molecule has 0 spiro atoms. The highest BCUT2D eigenvalue weighted by molar-refractivity contribution is 5.79. The predicted octanol–water partition coefficient (Wildman–Crippen LogP) is -0.476. The Kier molecular flexibility index (Phi) is 5.27. The Morgan fingerprint density at radius 3 is 3.00 bits per heavy atom. The van der Waals surface area contributed by atoms with E-state index in [0.29, 0.717) is 12.5 Å². The molecule has 0 saturated carbocycles. The van der Waals surface area contributed by atoms with Crippen molar-refractivity contribution in [2.45, 2.75) is 26.3 Å². The lowest BCUT2D eigenvalue weighted by Crippen LogP contribution is -2.42. The van der Waals surface area contributed by atoms with E-state index < -0.39 is 0 Å². The number of nitrogens with two attached hydrogens (primary N) is 1. The van der Waals surface area contributed by atoms with Crippen LogP contribution in [-0.2, 0) is 13.6 Å². The van der Waals surface area contributed by atoms with Crippen LogP contribution < -0.4 is 16.6 Å². The second-order valence-electron chi connectivity index (χ2n) is 3.45. The monoisotopic (exact) mass is 225 g/mol. The van der Waals surface area contributed by atoms with E-state index in [4.69, 9.17) is 5.84 Å². The molecule has 7 heteroatoms. The van der Waals surface area contributed by atoms with Crippen molar-refractivity contribution in [3.63, 3.8) is 0 Å². The lowest BCUT2D eigenvalue weighted by Gasteiger charge is -2.07. The molecule has 0 aliphatic carbocycles. The van der Waals surface area contributed by atoms with Crippen LogP contribution in [0, 0.1) is 0 Å². The van der Waals surface area contributed by atoms with Gasteiger partial charge in [0.1, 0.15) is 12.9 Å². The van der Waals surface area contributed by atoms with Crippen molar-refractivity contribution >= 4 is 5.96 Å². The zero-order valence-electron chi connectivity index (χ0n) is 9.77. The van der Waals surface area contributed by atoms with Gasteiger partial charge in [0.05, 0.1) is 0 Å². The second kappa shape index (κ2) is 6.78. The average Bonchev–Trinajstić information content (AvgIpc) is 2.69. The summed E-state index contributed by atoms with van der Waals surface area (Å²) in [6, 6.07) is 0. The Bertz CT molecular complexity index is 330. The molecule has 0 atom stereocenters. The fraction of sp³-hybridized carbons (Fsp3) is 0.667. The van der Waals surface area contributed by atoms with Crippen molar-refractivity contribution in [1.29, 1.82) is 0 Å². The molecule has 1 aromatic rings. The summed E-state index contributed by atoms with van der Waals surface area (Å²) in [5, 5.41) is 10.8. The van der Waals surface area contributed by atoms with E-state index in [1.54, 1.807) is 6.33 Å². The first-order valence-corrected chi connectivity index (χ1v) is 5.35. The number of hydrogen-bond donors (Lipinski definition) is 3. The van der Waals surface area contributed by atoms with Gasteiger partial charge < -0.3 is 9.88 Å². The Balaban J connectivity index is 2.43. The number of hydrogen-bond acceptors (Lipinski definition) is 4. The number of aryl methyl sites for hydroxylation is 1. The van der Waals surface area contributed by atoms with Gasteiger partial charge in [-0.25, -0.2) is 10.8 Å². The molecule has 16 heavy (non-hydrogen) atoms. The standard InChI is InChI=1S/C9H19N7/c1-3-4-5-11-9(14-10)12-6-8-15-13-7-16(8)2/h7H,3-6,10H2,1-2H3,(H2,11,12,14). The minimum atomic E-state index is 0.454. The van der Waals surface area contributed by atoms with E-state index >= 15 is 0 Å². The molecule has 7 nitrogen and oxygen atoms in total. The fourth-order valence-electron chi connectivity index (χ4n) is 1.14. The molecule has 1 rings (SSSR count). The van der Waals surface area contributed by atoms with Gasteiger partial charge in [-0.3, -0.25) is 5.43 Å². The van der Waals surface area contributed by atoms with Gasteiger partial charge in [-0.05, 0) is 6.42 Å². The summed E-state index contributed by atoms with van der Waals surface area (Å²) in [6.07, 6.45) is 3.86. The van der Waals surface area contributed by atoms with Crippen LogP contribution >= 0.6 is 0 Å². The molecule has 0 fully saturated rings. The Hall–Kier alpha value is -1.63. The van der Waals surface area contributed by atoms with E-state index in [-0.39, 0.29) is 0 Å². The van der Waals surface area contributed by atoms with Gasteiger partial charge in [0.15, 0.2) is 5.82 Å². The first-order valence-electron chi connectivity index (χ1n) is 5.35. The lowest BCUT2D eigenvalue weighted by molar-refractivity contribution is 0.724. The van der Waals surface area contributed by atoms with Crippen LogP contribution in [-0.4, -0.2) is 27.3 Å². The van der Waals surface area contributed by atoms with Crippen molar-refractivity contribution in [2.75, 3.05) is 6.54 Å². The molecule has 0 aliphatic heterocycles. The van der Waals surface area contributed by atoms with E-state index in [1.807, 2.05) is 11.6 Å². The third-order valence-electron chi connectivity index (χ3n) is 2.14. The van der Waals surface area contributed by atoms with Crippen molar-refractivity contribution < 1.29 is 0 Å². The zero-order valence-corrected chi connectivity index (χ0v) is 9.77. The summed E-state index contributed by atoms with van der Waals surface area (Å²) >= 11 is 0. The summed E-state index contributed by atoms with van der Waals surface area (Å²) in [4.78, 5) is 4.26. The van der Waals surface area contributed by atoms with Crippen molar-refractivity contribution in [1.82, 2.24) is 25.5 Å². The molecule has 0 saturated heterocycles. The highest BCUT2D eigenvalue weighted by Gasteiger charge is 2.00. The quantitative estimate of drug-likeness (QED) is 0.207. The van der Waals surface area contributed by atoms with E-state index in [9.17, 15) is 0 Å². The highest BCUT2D eigenvalue weighted by Crippen LogP contribution is 1.93.